The van der Waals surface area contributed by atoms with Gasteiger partial charge in [-0.05, 0) is 49.2 Å². The number of hydrogen-bond donors (Lipinski definition) is 3. The Hall–Kier alpha value is -2.68. The van der Waals surface area contributed by atoms with E-state index in [0.717, 1.165) is 16.9 Å². The number of fused-ring (bicyclic) bond motifs is 1. The lowest BCUT2D eigenvalue weighted by atomic mass is 10.1. The molecule has 0 bridgehead atoms. The van der Waals surface area contributed by atoms with Gasteiger partial charge in [0, 0.05) is 12.2 Å². The molecule has 1 saturated heterocycles. The molecule has 150 valence electrons. The molecule has 1 fully saturated rings. The number of amidine groups is 1. The van der Waals surface area contributed by atoms with Gasteiger partial charge in [-0.3, -0.25) is 19.9 Å². The van der Waals surface area contributed by atoms with E-state index in [-0.39, 0.29) is 29.7 Å². The molecule has 0 saturated carbocycles. The fourth-order valence-electron chi connectivity index (χ4n) is 3.33. The quantitative estimate of drug-likeness (QED) is 0.722. The van der Waals surface area contributed by atoms with Crippen molar-refractivity contribution in [3.8, 4) is 0 Å². The first kappa shape index (κ1) is 19.6. The van der Waals surface area contributed by atoms with Crippen molar-refractivity contribution in [1.29, 1.82) is 0 Å². The summed E-state index contributed by atoms with van der Waals surface area (Å²) in [7, 11) is 0. The summed E-state index contributed by atoms with van der Waals surface area (Å²) < 4.78 is 0. The third-order valence-electron chi connectivity index (χ3n) is 5.07. The van der Waals surface area contributed by atoms with E-state index in [9.17, 15) is 9.59 Å². The zero-order valence-corrected chi connectivity index (χ0v) is 17.1. The van der Waals surface area contributed by atoms with Crippen LogP contribution in [0.2, 0.25) is 0 Å². The normalized spacial score (nSPS) is 21.0. The lowest BCUT2D eigenvalue weighted by Gasteiger charge is -2.32. The Bertz CT molecular complexity index is 963. The minimum atomic E-state index is -0.312. The van der Waals surface area contributed by atoms with Crippen molar-refractivity contribution in [3.05, 3.63) is 59.7 Å². The van der Waals surface area contributed by atoms with E-state index >= 15 is 0 Å². The molecular formula is C21H23N5O2S. The Morgan fingerprint density at radius 3 is 2.76 bits per heavy atom. The van der Waals surface area contributed by atoms with Gasteiger partial charge < -0.3 is 5.32 Å². The van der Waals surface area contributed by atoms with E-state index in [0.29, 0.717) is 11.7 Å². The van der Waals surface area contributed by atoms with Crippen molar-refractivity contribution >= 4 is 40.1 Å². The topological polar surface area (TPSA) is 85.8 Å². The molecule has 0 aromatic heterocycles. The number of hydrazine groups is 1. The monoisotopic (exact) mass is 409 g/mol. The smallest absolute Gasteiger partial charge is 0.241 e. The summed E-state index contributed by atoms with van der Waals surface area (Å²) in [5.74, 6) is -0.261. The zero-order valence-electron chi connectivity index (χ0n) is 16.3. The van der Waals surface area contributed by atoms with Crippen LogP contribution in [-0.2, 0) is 9.59 Å². The fourth-order valence-corrected chi connectivity index (χ4v) is 4.17. The predicted molar refractivity (Wildman–Crippen MR) is 117 cm³/mol. The minimum Gasteiger partial charge on any atom is -0.325 e. The highest BCUT2D eigenvalue weighted by Gasteiger charge is 2.42. The molecule has 3 N–H and O–H groups in total. The van der Waals surface area contributed by atoms with Crippen LogP contribution in [-0.4, -0.2) is 35.4 Å². The van der Waals surface area contributed by atoms with Gasteiger partial charge >= 0.3 is 0 Å². The summed E-state index contributed by atoms with van der Waals surface area (Å²) in [5.41, 5.74) is 9.85. The highest BCUT2D eigenvalue weighted by atomic mass is 32.2. The molecule has 0 aliphatic carbocycles. The van der Waals surface area contributed by atoms with Crippen molar-refractivity contribution in [3.63, 3.8) is 0 Å². The molecule has 2 aliphatic heterocycles. The molecule has 2 heterocycles. The summed E-state index contributed by atoms with van der Waals surface area (Å²) in [6, 6.07) is 15.2. The lowest BCUT2D eigenvalue weighted by Crippen LogP contribution is -2.49. The van der Waals surface area contributed by atoms with E-state index in [1.165, 1.54) is 17.3 Å². The number of thioether (sulfide) groups is 1. The van der Waals surface area contributed by atoms with Crippen molar-refractivity contribution < 1.29 is 9.59 Å². The second-order valence-corrected chi connectivity index (χ2v) is 8.08. The zero-order chi connectivity index (χ0) is 20.4. The summed E-state index contributed by atoms with van der Waals surface area (Å²) in [6.45, 7) is 4.58. The maximum Gasteiger partial charge on any atom is 0.241 e. The third-order valence-corrected chi connectivity index (χ3v) is 6.02. The number of hydrogen-bond acceptors (Lipinski definition) is 6. The minimum absolute atomic E-state index is 0.0224. The molecule has 0 radical (unpaired) electrons. The van der Waals surface area contributed by atoms with Gasteiger partial charge in [0.25, 0.3) is 0 Å². The Morgan fingerprint density at radius 2 is 2.00 bits per heavy atom. The SMILES string of the molecule is Cc1ccc(NC(=O)CSC2=NC3NNCC3C(=O)N2c2ccccc2)cc1C. The number of carbonyl (C=O) groups excluding carboxylic acids is 2. The first-order chi connectivity index (χ1) is 14.0. The van der Waals surface area contributed by atoms with Crippen molar-refractivity contribution in [2.75, 3.05) is 22.5 Å². The molecule has 29 heavy (non-hydrogen) atoms. The van der Waals surface area contributed by atoms with E-state index in [4.69, 9.17) is 0 Å². The lowest BCUT2D eigenvalue weighted by molar-refractivity contribution is -0.121. The van der Waals surface area contributed by atoms with Crippen LogP contribution in [0.5, 0.6) is 0 Å². The molecular weight excluding hydrogens is 386 g/mol. The number of benzene rings is 2. The largest absolute Gasteiger partial charge is 0.325 e. The van der Waals surface area contributed by atoms with Crippen LogP contribution in [0.3, 0.4) is 0 Å². The summed E-state index contributed by atoms with van der Waals surface area (Å²) in [6.07, 6.45) is -0.312. The molecule has 8 heteroatoms. The number of carbonyl (C=O) groups is 2. The van der Waals surface area contributed by atoms with E-state index in [1.807, 2.05) is 62.4 Å². The number of para-hydroxylation sites is 1. The van der Waals surface area contributed by atoms with Crippen LogP contribution in [0.1, 0.15) is 11.1 Å². The summed E-state index contributed by atoms with van der Waals surface area (Å²) in [4.78, 5) is 31.9. The van der Waals surface area contributed by atoms with Crippen LogP contribution < -0.4 is 21.1 Å². The number of anilines is 2. The van der Waals surface area contributed by atoms with Gasteiger partial charge in [-0.25, -0.2) is 10.4 Å². The van der Waals surface area contributed by atoms with Gasteiger partial charge in [-0.1, -0.05) is 36.0 Å². The standard InChI is InChI=1S/C21H23N5O2S/c1-13-8-9-15(10-14(13)2)23-18(27)12-29-21-24-19-17(11-22-25-19)20(28)26(21)16-6-4-3-5-7-16/h3-10,17,19,22,25H,11-12H2,1-2H3,(H,23,27). The van der Waals surface area contributed by atoms with Gasteiger partial charge in [-0.15, -0.1) is 0 Å². The van der Waals surface area contributed by atoms with Crippen molar-refractivity contribution in [2.45, 2.75) is 20.0 Å². The third kappa shape index (κ3) is 4.19. The maximum absolute atomic E-state index is 13.1. The number of amides is 2. The second kappa shape index (κ2) is 8.36. The number of rotatable bonds is 4. The van der Waals surface area contributed by atoms with Crippen molar-refractivity contribution in [1.82, 2.24) is 10.9 Å². The van der Waals surface area contributed by atoms with E-state index < -0.39 is 0 Å². The Labute approximate surface area is 173 Å². The average Bonchev–Trinajstić information content (AvgIpc) is 3.19. The highest BCUT2D eigenvalue weighted by Crippen LogP contribution is 2.29. The van der Waals surface area contributed by atoms with Gasteiger partial charge in [0.1, 0.15) is 6.17 Å². The van der Waals surface area contributed by atoms with Gasteiger partial charge in [0.2, 0.25) is 11.8 Å². The second-order valence-electron chi connectivity index (χ2n) is 7.13. The van der Waals surface area contributed by atoms with Gasteiger partial charge in [-0.2, -0.15) is 0 Å². The molecule has 0 spiro atoms. The van der Waals surface area contributed by atoms with Crippen LogP contribution in [0.15, 0.2) is 53.5 Å². The Kier molecular flexibility index (Phi) is 5.66. The maximum atomic E-state index is 13.1. The van der Waals surface area contributed by atoms with Gasteiger partial charge in [0.05, 0.1) is 17.4 Å². The summed E-state index contributed by atoms with van der Waals surface area (Å²) >= 11 is 1.26. The molecule has 2 atom stereocenters. The van der Waals surface area contributed by atoms with E-state index in [2.05, 4.69) is 21.2 Å². The van der Waals surface area contributed by atoms with Crippen LogP contribution in [0.4, 0.5) is 11.4 Å². The number of aryl methyl sites for hydroxylation is 2. The molecule has 4 rings (SSSR count). The first-order valence-corrected chi connectivity index (χ1v) is 10.5. The van der Waals surface area contributed by atoms with Gasteiger partial charge in [0.15, 0.2) is 5.17 Å². The summed E-state index contributed by atoms with van der Waals surface area (Å²) in [5, 5.41) is 3.44. The number of nitrogens with one attached hydrogen (secondary N) is 3. The van der Waals surface area contributed by atoms with Crippen LogP contribution >= 0.6 is 11.8 Å². The molecule has 2 aromatic rings. The molecule has 2 aromatic carbocycles. The van der Waals surface area contributed by atoms with Crippen LogP contribution in [0.25, 0.3) is 0 Å². The molecule has 2 aliphatic rings. The number of aliphatic imine (C=N–C) groups is 1. The molecule has 2 unspecified atom stereocenters. The Balaban J connectivity index is 1.49. The first-order valence-electron chi connectivity index (χ1n) is 9.48. The van der Waals surface area contributed by atoms with E-state index in [1.54, 1.807) is 4.90 Å². The fraction of sp³-hybridized carbons (Fsp3) is 0.286. The Morgan fingerprint density at radius 1 is 1.21 bits per heavy atom. The van der Waals surface area contributed by atoms with Crippen LogP contribution in [0, 0.1) is 19.8 Å². The van der Waals surface area contributed by atoms with Crippen molar-refractivity contribution in [2.24, 2.45) is 10.9 Å². The average molecular weight is 410 g/mol. The molecule has 2 amide bonds. The molecule has 7 nitrogen and oxygen atoms in total. The predicted octanol–water partition coefficient (Wildman–Crippen LogP) is 2.43. The highest BCUT2D eigenvalue weighted by molar-refractivity contribution is 8.14. The number of nitrogens with zero attached hydrogens (tertiary/aromatic N) is 2.